The van der Waals surface area contributed by atoms with Gasteiger partial charge in [-0.2, -0.15) is 0 Å². The molecule has 0 spiro atoms. The number of amides is 3. The van der Waals surface area contributed by atoms with E-state index in [1.807, 2.05) is 13.0 Å². The average Bonchev–Trinajstić information content (AvgIpc) is 3.04. The molecule has 0 bridgehead atoms. The van der Waals surface area contributed by atoms with Crippen molar-refractivity contribution in [1.82, 2.24) is 0 Å². The molecule has 3 amide bonds. The lowest BCUT2D eigenvalue weighted by atomic mass is 10.1. The number of rotatable bonds is 7. The fourth-order valence-electron chi connectivity index (χ4n) is 3.54. The Hall–Kier alpha value is -3.81. The van der Waals surface area contributed by atoms with Crippen molar-refractivity contribution in [2.24, 2.45) is 0 Å². The summed E-state index contributed by atoms with van der Waals surface area (Å²) in [5.74, 6) is -1.10. The number of benzene rings is 3. The van der Waals surface area contributed by atoms with Gasteiger partial charge in [-0.1, -0.05) is 47.5 Å². The summed E-state index contributed by atoms with van der Waals surface area (Å²) in [6.45, 7) is 4.12. The van der Waals surface area contributed by atoms with E-state index >= 15 is 0 Å². The minimum Gasteiger partial charge on any atom is -0.492 e. The van der Waals surface area contributed by atoms with Crippen LogP contribution in [-0.4, -0.2) is 24.3 Å². The smallest absolute Gasteiger partial charge is 0.283 e. The molecule has 2 N–H and O–H groups in total. The Morgan fingerprint density at radius 1 is 0.943 bits per heavy atom. The summed E-state index contributed by atoms with van der Waals surface area (Å²) in [4.78, 5) is 39.7. The Kier molecular flexibility index (Phi) is 7.10. The summed E-state index contributed by atoms with van der Waals surface area (Å²) in [7, 11) is 0. The summed E-state index contributed by atoms with van der Waals surface area (Å²) < 4.78 is 5.56. The number of hydrogen-bond donors (Lipinski definition) is 2. The van der Waals surface area contributed by atoms with E-state index in [4.69, 9.17) is 27.9 Å². The lowest BCUT2D eigenvalue weighted by Crippen LogP contribution is -2.32. The van der Waals surface area contributed by atoms with Gasteiger partial charge in [0.1, 0.15) is 16.5 Å². The number of carbonyl (C=O) groups excluding carboxylic acids is 3. The molecule has 7 nitrogen and oxygen atoms in total. The Balaban J connectivity index is 1.58. The first-order valence-corrected chi connectivity index (χ1v) is 11.5. The summed E-state index contributed by atoms with van der Waals surface area (Å²) in [5, 5.41) is 5.90. The number of imide groups is 1. The highest BCUT2D eigenvalue weighted by atomic mass is 35.5. The van der Waals surface area contributed by atoms with Gasteiger partial charge >= 0.3 is 0 Å². The van der Waals surface area contributed by atoms with E-state index in [9.17, 15) is 14.4 Å². The molecule has 3 aromatic carbocycles. The normalized spacial score (nSPS) is 13.3. The SMILES string of the molecule is CCOc1ccccc1NC(=O)c1ccc(C)c(NC2=C(Cl)C(=O)N(c3cccc(Cl)c3)C2=O)c1. The van der Waals surface area contributed by atoms with Crippen molar-refractivity contribution in [3.63, 3.8) is 0 Å². The van der Waals surface area contributed by atoms with Crippen molar-refractivity contribution in [1.29, 1.82) is 0 Å². The standard InChI is InChI=1S/C26H21Cl2N3O4/c1-3-35-21-10-5-4-9-19(21)30-24(32)16-12-11-15(2)20(13-16)29-23-22(28)25(33)31(26(23)34)18-8-6-7-17(27)14-18/h4-14,29H,3H2,1-2H3,(H,30,32). The molecule has 0 aliphatic carbocycles. The van der Waals surface area contributed by atoms with Gasteiger partial charge in [0, 0.05) is 16.3 Å². The quantitative estimate of drug-likeness (QED) is 0.396. The van der Waals surface area contributed by atoms with Crippen molar-refractivity contribution in [2.75, 3.05) is 22.1 Å². The third-order valence-corrected chi connectivity index (χ3v) is 5.87. The Bertz CT molecular complexity index is 1370. The zero-order chi connectivity index (χ0) is 25.1. The predicted molar refractivity (Wildman–Crippen MR) is 137 cm³/mol. The molecule has 4 rings (SSSR count). The van der Waals surface area contributed by atoms with E-state index in [0.29, 0.717) is 40.0 Å². The largest absolute Gasteiger partial charge is 0.492 e. The van der Waals surface area contributed by atoms with Crippen LogP contribution in [0, 0.1) is 6.92 Å². The molecule has 35 heavy (non-hydrogen) atoms. The first-order chi connectivity index (χ1) is 16.8. The fraction of sp³-hybridized carbons (Fsp3) is 0.115. The van der Waals surface area contributed by atoms with Crippen molar-refractivity contribution < 1.29 is 19.1 Å². The van der Waals surface area contributed by atoms with Gasteiger partial charge < -0.3 is 15.4 Å². The van der Waals surface area contributed by atoms with E-state index < -0.39 is 11.8 Å². The highest BCUT2D eigenvalue weighted by Gasteiger charge is 2.39. The van der Waals surface area contributed by atoms with Crippen molar-refractivity contribution in [3.8, 4) is 5.75 Å². The zero-order valence-electron chi connectivity index (χ0n) is 18.9. The van der Waals surface area contributed by atoms with Crippen LogP contribution in [0.4, 0.5) is 17.1 Å². The van der Waals surface area contributed by atoms with Crippen LogP contribution in [-0.2, 0) is 9.59 Å². The average molecular weight is 510 g/mol. The Morgan fingerprint density at radius 3 is 2.46 bits per heavy atom. The number of para-hydroxylation sites is 2. The lowest BCUT2D eigenvalue weighted by molar-refractivity contribution is -0.120. The van der Waals surface area contributed by atoms with Crippen LogP contribution in [0.3, 0.4) is 0 Å². The first-order valence-electron chi connectivity index (χ1n) is 10.7. The zero-order valence-corrected chi connectivity index (χ0v) is 20.4. The summed E-state index contributed by atoms with van der Waals surface area (Å²) in [6.07, 6.45) is 0. The topological polar surface area (TPSA) is 87.7 Å². The summed E-state index contributed by atoms with van der Waals surface area (Å²) in [5.41, 5.74) is 2.30. The van der Waals surface area contributed by atoms with E-state index in [0.717, 1.165) is 10.5 Å². The third kappa shape index (κ3) is 5.01. The molecule has 0 saturated heterocycles. The molecule has 0 fully saturated rings. The second-order valence-electron chi connectivity index (χ2n) is 7.65. The monoisotopic (exact) mass is 509 g/mol. The van der Waals surface area contributed by atoms with E-state index in [1.165, 1.54) is 6.07 Å². The number of hydrogen-bond acceptors (Lipinski definition) is 5. The number of halogens is 2. The number of nitrogens with zero attached hydrogens (tertiary/aromatic N) is 1. The molecule has 9 heteroatoms. The number of nitrogens with one attached hydrogen (secondary N) is 2. The lowest BCUT2D eigenvalue weighted by Gasteiger charge is -2.16. The predicted octanol–water partition coefficient (Wildman–Crippen LogP) is 5.74. The van der Waals surface area contributed by atoms with Crippen molar-refractivity contribution in [2.45, 2.75) is 13.8 Å². The van der Waals surface area contributed by atoms with Gasteiger partial charge in [-0.25, -0.2) is 4.90 Å². The summed E-state index contributed by atoms with van der Waals surface area (Å²) in [6, 6.07) is 18.5. The maximum Gasteiger partial charge on any atom is 0.283 e. The van der Waals surface area contributed by atoms with E-state index in [-0.39, 0.29) is 16.6 Å². The van der Waals surface area contributed by atoms with E-state index in [1.54, 1.807) is 61.5 Å². The number of ether oxygens (including phenoxy) is 1. The van der Waals surface area contributed by atoms with Crippen LogP contribution in [0.1, 0.15) is 22.8 Å². The minimum atomic E-state index is -0.666. The second-order valence-corrected chi connectivity index (χ2v) is 8.47. The van der Waals surface area contributed by atoms with Crippen LogP contribution in [0.2, 0.25) is 5.02 Å². The van der Waals surface area contributed by atoms with Gasteiger partial charge in [0.15, 0.2) is 0 Å². The molecule has 1 heterocycles. The van der Waals surface area contributed by atoms with Gasteiger partial charge in [0.2, 0.25) is 0 Å². The van der Waals surface area contributed by atoms with Crippen LogP contribution in [0.15, 0.2) is 77.5 Å². The van der Waals surface area contributed by atoms with Crippen LogP contribution in [0.5, 0.6) is 5.75 Å². The van der Waals surface area contributed by atoms with Crippen molar-refractivity contribution in [3.05, 3.63) is 93.6 Å². The van der Waals surface area contributed by atoms with Gasteiger partial charge in [0.05, 0.1) is 18.0 Å². The minimum absolute atomic E-state index is 0.0843. The molecule has 0 atom stereocenters. The molecule has 0 unspecified atom stereocenters. The number of aryl methyl sites for hydroxylation is 1. The molecule has 1 aliphatic heterocycles. The highest BCUT2D eigenvalue weighted by Crippen LogP contribution is 2.32. The van der Waals surface area contributed by atoms with Crippen LogP contribution in [0.25, 0.3) is 0 Å². The molecule has 0 saturated carbocycles. The molecule has 0 radical (unpaired) electrons. The first kappa shape index (κ1) is 24.3. The molecule has 0 aromatic heterocycles. The number of carbonyl (C=O) groups is 3. The molecular weight excluding hydrogens is 489 g/mol. The third-order valence-electron chi connectivity index (χ3n) is 5.29. The molecule has 178 valence electrons. The van der Waals surface area contributed by atoms with Crippen molar-refractivity contribution >= 4 is 58.0 Å². The maximum absolute atomic E-state index is 13.1. The van der Waals surface area contributed by atoms with Crippen LogP contribution < -0.4 is 20.3 Å². The second kappa shape index (κ2) is 10.2. The van der Waals surface area contributed by atoms with E-state index in [2.05, 4.69) is 10.6 Å². The maximum atomic E-state index is 13.1. The number of anilines is 3. The molecule has 1 aliphatic rings. The van der Waals surface area contributed by atoms with Gasteiger partial charge in [0.25, 0.3) is 17.7 Å². The fourth-order valence-corrected chi connectivity index (χ4v) is 3.94. The van der Waals surface area contributed by atoms with Gasteiger partial charge in [-0.15, -0.1) is 0 Å². The highest BCUT2D eigenvalue weighted by molar-refractivity contribution is 6.53. The van der Waals surface area contributed by atoms with Gasteiger partial charge in [-0.05, 0) is 61.9 Å². The summed E-state index contributed by atoms with van der Waals surface area (Å²) >= 11 is 12.3. The molecule has 3 aromatic rings. The molecular formula is C26H21Cl2N3O4. The Morgan fingerprint density at radius 2 is 1.71 bits per heavy atom. The Labute approximate surface area is 212 Å². The van der Waals surface area contributed by atoms with Gasteiger partial charge in [-0.3, -0.25) is 14.4 Å². The van der Waals surface area contributed by atoms with Crippen LogP contribution >= 0.6 is 23.2 Å².